The Bertz CT molecular complexity index is 1280. The molecule has 2 aromatic heterocycles. The van der Waals surface area contributed by atoms with Gasteiger partial charge in [-0.2, -0.15) is 10.2 Å². The standard InChI is InChI=1S/C30H30N6O4/c37-29(39-19-21-8-3-1-4-9-21)31-27-16-14-25(33-35-27)23-12-7-13-24(18-23)26-15-17-28(36-34-26)32-30(38)40-20-22-10-5-2-6-11-22/h1-6,8-11,14-17,23-24H,7,12-13,18-20H2,(H,31,35,37)(H,32,36,38)/t23-,24+. The van der Waals surface area contributed by atoms with E-state index in [0.29, 0.717) is 11.6 Å². The molecule has 1 saturated carbocycles. The van der Waals surface area contributed by atoms with E-state index in [1.54, 1.807) is 12.1 Å². The molecule has 2 N–H and O–H groups in total. The summed E-state index contributed by atoms with van der Waals surface area (Å²) in [6, 6.07) is 26.2. The molecule has 0 unspecified atom stereocenters. The number of aromatic nitrogens is 4. The number of hydrogen-bond donors (Lipinski definition) is 2. The molecule has 2 atom stereocenters. The van der Waals surface area contributed by atoms with Crippen molar-refractivity contribution in [2.75, 3.05) is 10.6 Å². The van der Waals surface area contributed by atoms with Crippen molar-refractivity contribution in [2.45, 2.75) is 50.7 Å². The van der Waals surface area contributed by atoms with Gasteiger partial charge in [-0.05, 0) is 54.7 Å². The Labute approximate surface area is 232 Å². The van der Waals surface area contributed by atoms with E-state index in [2.05, 4.69) is 31.0 Å². The third-order valence-electron chi connectivity index (χ3n) is 6.77. The van der Waals surface area contributed by atoms with Crippen molar-refractivity contribution in [3.63, 3.8) is 0 Å². The monoisotopic (exact) mass is 538 g/mol. The van der Waals surface area contributed by atoms with Gasteiger partial charge in [-0.15, -0.1) is 10.2 Å². The highest BCUT2D eigenvalue weighted by Gasteiger charge is 2.27. The summed E-state index contributed by atoms with van der Waals surface area (Å²) in [4.78, 5) is 24.2. The minimum atomic E-state index is -0.579. The van der Waals surface area contributed by atoms with Crippen LogP contribution in [0.3, 0.4) is 0 Å². The Morgan fingerprint density at radius 3 is 1.48 bits per heavy atom. The first-order valence-corrected chi connectivity index (χ1v) is 13.2. The van der Waals surface area contributed by atoms with E-state index in [1.807, 2.05) is 72.8 Å². The maximum Gasteiger partial charge on any atom is 0.413 e. The van der Waals surface area contributed by atoms with Crippen LogP contribution in [-0.2, 0) is 22.7 Å². The fourth-order valence-corrected chi connectivity index (χ4v) is 4.71. The molecule has 0 spiro atoms. The molecule has 1 aliphatic rings. The van der Waals surface area contributed by atoms with Gasteiger partial charge < -0.3 is 9.47 Å². The molecule has 0 aliphatic heterocycles. The van der Waals surface area contributed by atoms with Crippen LogP contribution >= 0.6 is 0 Å². The van der Waals surface area contributed by atoms with E-state index in [0.717, 1.165) is 48.2 Å². The van der Waals surface area contributed by atoms with E-state index in [9.17, 15) is 9.59 Å². The van der Waals surface area contributed by atoms with Gasteiger partial charge in [0, 0.05) is 11.8 Å². The molecule has 40 heavy (non-hydrogen) atoms. The lowest BCUT2D eigenvalue weighted by atomic mass is 9.78. The van der Waals surface area contributed by atoms with Crippen molar-refractivity contribution in [1.29, 1.82) is 0 Å². The van der Waals surface area contributed by atoms with Crippen LogP contribution in [-0.4, -0.2) is 32.6 Å². The van der Waals surface area contributed by atoms with Crippen molar-refractivity contribution in [3.8, 4) is 0 Å². The number of hydrogen-bond acceptors (Lipinski definition) is 8. The van der Waals surface area contributed by atoms with Gasteiger partial charge in [0.2, 0.25) is 0 Å². The number of nitrogens with zero attached hydrogens (tertiary/aromatic N) is 4. The van der Waals surface area contributed by atoms with Crippen molar-refractivity contribution >= 4 is 23.8 Å². The second-order valence-corrected chi connectivity index (χ2v) is 9.62. The molecule has 2 amide bonds. The molecule has 10 nitrogen and oxygen atoms in total. The highest BCUT2D eigenvalue weighted by Crippen LogP contribution is 2.40. The molecule has 204 valence electrons. The fraction of sp³-hybridized carbons (Fsp3) is 0.267. The van der Waals surface area contributed by atoms with Crippen LogP contribution in [0.4, 0.5) is 21.2 Å². The van der Waals surface area contributed by atoms with Gasteiger partial charge in [-0.25, -0.2) is 9.59 Å². The number of carbonyl (C=O) groups is 2. The van der Waals surface area contributed by atoms with E-state index in [1.165, 1.54) is 0 Å². The summed E-state index contributed by atoms with van der Waals surface area (Å²) in [6.07, 6.45) is 2.72. The number of benzene rings is 2. The molecular formula is C30H30N6O4. The Kier molecular flexibility index (Phi) is 8.87. The van der Waals surface area contributed by atoms with Gasteiger partial charge in [0.1, 0.15) is 13.2 Å². The number of nitrogens with one attached hydrogen (secondary N) is 2. The van der Waals surface area contributed by atoms with Crippen molar-refractivity contribution < 1.29 is 19.1 Å². The second-order valence-electron chi connectivity index (χ2n) is 9.62. The molecular weight excluding hydrogens is 508 g/mol. The Hall–Kier alpha value is -4.86. The summed E-state index contributed by atoms with van der Waals surface area (Å²) in [5.74, 6) is 1.12. The minimum Gasteiger partial charge on any atom is -0.444 e. The minimum absolute atomic E-state index is 0.180. The van der Waals surface area contributed by atoms with E-state index >= 15 is 0 Å². The molecule has 10 heteroatoms. The van der Waals surface area contributed by atoms with Gasteiger partial charge >= 0.3 is 12.2 Å². The number of rotatable bonds is 8. The number of amides is 2. The fourth-order valence-electron chi connectivity index (χ4n) is 4.71. The Balaban J connectivity index is 1.10. The predicted molar refractivity (Wildman–Crippen MR) is 149 cm³/mol. The molecule has 2 heterocycles. The number of carbonyl (C=O) groups excluding carboxylic acids is 2. The summed E-state index contributed by atoms with van der Waals surface area (Å²) in [6.45, 7) is 0.361. The Morgan fingerprint density at radius 1 is 0.625 bits per heavy atom. The zero-order chi connectivity index (χ0) is 27.6. The third kappa shape index (κ3) is 7.59. The lowest BCUT2D eigenvalue weighted by Crippen LogP contribution is -2.18. The van der Waals surface area contributed by atoms with Crippen molar-refractivity contribution in [3.05, 3.63) is 107 Å². The lowest BCUT2D eigenvalue weighted by molar-refractivity contribution is 0.154. The first-order valence-electron chi connectivity index (χ1n) is 13.2. The summed E-state index contributed by atoms with van der Waals surface area (Å²) in [5, 5.41) is 22.3. The summed E-state index contributed by atoms with van der Waals surface area (Å²) < 4.78 is 10.5. The average molecular weight is 539 g/mol. The summed E-state index contributed by atoms with van der Waals surface area (Å²) in [7, 11) is 0. The van der Waals surface area contributed by atoms with Gasteiger partial charge in [0.05, 0.1) is 11.4 Å². The zero-order valence-electron chi connectivity index (χ0n) is 21.9. The predicted octanol–water partition coefficient (Wildman–Crippen LogP) is 6.21. The average Bonchev–Trinajstić information content (AvgIpc) is 3.01. The van der Waals surface area contributed by atoms with Gasteiger partial charge in [-0.1, -0.05) is 67.1 Å². The second kappa shape index (κ2) is 13.3. The highest BCUT2D eigenvalue weighted by atomic mass is 16.6. The van der Waals surface area contributed by atoms with E-state index in [4.69, 9.17) is 9.47 Å². The van der Waals surface area contributed by atoms with Crippen LogP contribution in [0.2, 0.25) is 0 Å². The third-order valence-corrected chi connectivity index (χ3v) is 6.77. The van der Waals surface area contributed by atoms with Crippen LogP contribution in [0, 0.1) is 0 Å². The molecule has 0 radical (unpaired) electrons. The smallest absolute Gasteiger partial charge is 0.413 e. The van der Waals surface area contributed by atoms with Crippen LogP contribution in [0.25, 0.3) is 0 Å². The highest BCUT2D eigenvalue weighted by molar-refractivity contribution is 5.83. The first kappa shape index (κ1) is 26.7. The largest absolute Gasteiger partial charge is 0.444 e. The quantitative estimate of drug-likeness (QED) is 0.271. The maximum atomic E-state index is 12.1. The van der Waals surface area contributed by atoms with Gasteiger partial charge in [0.15, 0.2) is 11.6 Å². The molecule has 2 aromatic carbocycles. The van der Waals surface area contributed by atoms with Crippen molar-refractivity contribution in [1.82, 2.24) is 20.4 Å². The van der Waals surface area contributed by atoms with Gasteiger partial charge in [0.25, 0.3) is 0 Å². The van der Waals surface area contributed by atoms with E-state index in [-0.39, 0.29) is 25.0 Å². The molecule has 1 fully saturated rings. The zero-order valence-corrected chi connectivity index (χ0v) is 21.9. The Morgan fingerprint density at radius 2 is 1.07 bits per heavy atom. The van der Waals surface area contributed by atoms with E-state index < -0.39 is 12.2 Å². The summed E-state index contributed by atoms with van der Waals surface area (Å²) in [5.41, 5.74) is 3.56. The van der Waals surface area contributed by atoms with Crippen LogP contribution in [0.1, 0.15) is 60.0 Å². The molecule has 0 saturated heterocycles. The SMILES string of the molecule is O=C(Nc1ccc([C@@H]2CCC[C@H](c3ccc(NC(=O)OCc4ccccc4)nn3)C2)nn1)OCc1ccccc1. The molecule has 0 bridgehead atoms. The maximum absolute atomic E-state index is 12.1. The van der Waals surface area contributed by atoms with Gasteiger partial charge in [-0.3, -0.25) is 10.6 Å². The summed E-state index contributed by atoms with van der Waals surface area (Å²) >= 11 is 0. The normalized spacial score (nSPS) is 16.5. The molecule has 1 aliphatic carbocycles. The topological polar surface area (TPSA) is 128 Å². The lowest BCUT2D eigenvalue weighted by Gasteiger charge is -2.28. The van der Waals surface area contributed by atoms with Crippen LogP contribution in [0.5, 0.6) is 0 Å². The molecule has 5 rings (SSSR count). The van der Waals surface area contributed by atoms with Crippen molar-refractivity contribution in [2.24, 2.45) is 0 Å². The molecule has 4 aromatic rings. The van der Waals surface area contributed by atoms with Crippen LogP contribution < -0.4 is 10.6 Å². The number of anilines is 2. The van der Waals surface area contributed by atoms with Crippen LogP contribution in [0.15, 0.2) is 84.9 Å². The number of ether oxygens (including phenoxy) is 2. The first-order chi connectivity index (χ1) is 19.6.